The molecule has 8 heteroatoms. The van der Waals surface area contributed by atoms with E-state index in [2.05, 4.69) is 0 Å². The molecule has 1 aromatic rings. The third-order valence-electron chi connectivity index (χ3n) is 5.30. The fraction of sp³-hybridized carbons (Fsp3) is 0.579. The average molecular weight is 385 g/mol. The number of benzene rings is 1. The Morgan fingerprint density at radius 3 is 2.56 bits per heavy atom. The molecule has 5 nitrogen and oxygen atoms in total. The summed E-state index contributed by atoms with van der Waals surface area (Å²) in [6.07, 6.45) is -1.24. The molecule has 1 saturated carbocycles. The van der Waals surface area contributed by atoms with E-state index in [0.29, 0.717) is 12.8 Å². The number of aliphatic hydroxyl groups excluding tert-OH is 1. The summed E-state index contributed by atoms with van der Waals surface area (Å²) in [7, 11) is 0. The quantitative estimate of drug-likeness (QED) is 0.791. The number of β-amino-alcohol motifs (C(OH)–C–C–N with tert-alkyl or cyclic N) is 1. The van der Waals surface area contributed by atoms with Crippen LogP contribution in [-0.4, -0.2) is 41.1 Å². The Kier molecular flexibility index (Phi) is 5.46. The summed E-state index contributed by atoms with van der Waals surface area (Å²) in [4.78, 5) is 26.0. The molecule has 0 radical (unpaired) electrons. The van der Waals surface area contributed by atoms with Crippen LogP contribution < -0.4 is 4.74 Å². The second kappa shape index (κ2) is 7.50. The number of hydrogen-bond donors (Lipinski definition) is 1. The molecule has 0 bridgehead atoms. The number of carbonyl (C=O) groups is 2. The number of rotatable bonds is 5. The summed E-state index contributed by atoms with van der Waals surface area (Å²) in [5.41, 5.74) is -1.48. The van der Waals surface area contributed by atoms with Gasteiger partial charge in [0, 0.05) is 6.42 Å². The van der Waals surface area contributed by atoms with Crippen LogP contribution >= 0.6 is 0 Å². The van der Waals surface area contributed by atoms with Crippen molar-refractivity contribution >= 4 is 11.8 Å². The van der Waals surface area contributed by atoms with Crippen LogP contribution in [0.1, 0.15) is 44.1 Å². The lowest BCUT2D eigenvalue weighted by atomic mass is 9.73. The maximum absolute atomic E-state index is 12.7. The lowest BCUT2D eigenvalue weighted by Crippen LogP contribution is -2.42. The van der Waals surface area contributed by atoms with E-state index in [1.54, 1.807) is 0 Å². The fourth-order valence-electron chi connectivity index (χ4n) is 3.88. The van der Waals surface area contributed by atoms with E-state index in [-0.39, 0.29) is 37.1 Å². The molecule has 148 valence electrons. The van der Waals surface area contributed by atoms with Crippen LogP contribution in [0.2, 0.25) is 0 Å². The first-order chi connectivity index (χ1) is 12.7. The van der Waals surface area contributed by atoms with Gasteiger partial charge in [-0.2, -0.15) is 13.2 Å². The monoisotopic (exact) mass is 385 g/mol. The van der Waals surface area contributed by atoms with E-state index in [4.69, 9.17) is 4.74 Å². The first-order valence-corrected chi connectivity index (χ1v) is 9.04. The van der Waals surface area contributed by atoms with Crippen molar-refractivity contribution in [3.05, 3.63) is 29.8 Å². The summed E-state index contributed by atoms with van der Waals surface area (Å²) < 4.78 is 43.4. The molecular weight excluding hydrogens is 363 g/mol. The van der Waals surface area contributed by atoms with E-state index < -0.39 is 23.3 Å². The molecule has 3 rings (SSSR count). The summed E-state index contributed by atoms with van der Waals surface area (Å²) in [6, 6.07) is 4.33. The highest BCUT2D eigenvalue weighted by molar-refractivity contribution is 6.06. The molecule has 27 heavy (non-hydrogen) atoms. The van der Waals surface area contributed by atoms with Crippen LogP contribution in [0.25, 0.3) is 0 Å². The number of imide groups is 1. The maximum Gasteiger partial charge on any atom is 0.416 e. The van der Waals surface area contributed by atoms with Crippen LogP contribution in [0.5, 0.6) is 5.75 Å². The van der Waals surface area contributed by atoms with Gasteiger partial charge in [-0.05, 0) is 31.0 Å². The largest absolute Gasteiger partial charge is 0.491 e. The van der Waals surface area contributed by atoms with Gasteiger partial charge in [0.2, 0.25) is 11.8 Å². The van der Waals surface area contributed by atoms with Crippen molar-refractivity contribution in [3.63, 3.8) is 0 Å². The zero-order valence-electron chi connectivity index (χ0n) is 14.8. The lowest BCUT2D eigenvalue weighted by molar-refractivity contribution is -0.144. The standard InChI is InChI=1S/C19H22F3NO4/c20-19(21,22)13-5-4-6-15(9-13)27-12-14(24)11-23-16(25)10-18(17(23)26)7-2-1-3-8-18/h4-6,9,14,24H,1-3,7-8,10-12H2/t14-/m1/s1. The van der Waals surface area contributed by atoms with Gasteiger partial charge in [0.05, 0.1) is 17.5 Å². The molecule has 1 aliphatic carbocycles. The minimum Gasteiger partial charge on any atom is -0.491 e. The molecule has 1 atom stereocenters. The van der Waals surface area contributed by atoms with E-state index >= 15 is 0 Å². The first kappa shape index (κ1) is 19.7. The Bertz CT molecular complexity index is 713. The molecule has 1 aromatic carbocycles. The lowest BCUT2D eigenvalue weighted by Gasteiger charge is -2.30. The highest BCUT2D eigenvalue weighted by atomic mass is 19.4. The van der Waals surface area contributed by atoms with Gasteiger partial charge in [0.15, 0.2) is 0 Å². The van der Waals surface area contributed by atoms with Crippen molar-refractivity contribution in [3.8, 4) is 5.75 Å². The third-order valence-corrected chi connectivity index (χ3v) is 5.30. The molecule has 0 unspecified atom stereocenters. The normalized spacial score (nSPS) is 21.0. The molecular formula is C19H22F3NO4. The van der Waals surface area contributed by atoms with Crippen LogP contribution in [0, 0.1) is 5.41 Å². The highest BCUT2D eigenvalue weighted by Crippen LogP contribution is 2.45. The Morgan fingerprint density at radius 1 is 1.19 bits per heavy atom. The molecule has 1 spiro atoms. The number of likely N-dealkylation sites (tertiary alicyclic amines) is 1. The van der Waals surface area contributed by atoms with Crippen molar-refractivity contribution in [1.29, 1.82) is 0 Å². The third kappa shape index (κ3) is 4.26. The number of halogens is 3. The van der Waals surface area contributed by atoms with Gasteiger partial charge in [0.1, 0.15) is 18.5 Å². The van der Waals surface area contributed by atoms with Crippen LogP contribution in [0.15, 0.2) is 24.3 Å². The van der Waals surface area contributed by atoms with Gasteiger partial charge < -0.3 is 9.84 Å². The van der Waals surface area contributed by atoms with Gasteiger partial charge in [-0.25, -0.2) is 0 Å². The summed E-state index contributed by atoms with van der Waals surface area (Å²) in [6.45, 7) is -0.524. The fourth-order valence-corrected chi connectivity index (χ4v) is 3.88. The van der Waals surface area contributed by atoms with Crippen molar-refractivity contribution in [2.24, 2.45) is 5.41 Å². The highest BCUT2D eigenvalue weighted by Gasteiger charge is 2.51. The molecule has 1 N–H and O–H groups in total. The van der Waals surface area contributed by atoms with E-state index in [9.17, 15) is 27.9 Å². The van der Waals surface area contributed by atoms with Crippen LogP contribution in [-0.2, 0) is 15.8 Å². The number of amides is 2. The molecule has 1 saturated heterocycles. The molecule has 2 aliphatic rings. The predicted octanol–water partition coefficient (Wildman–Crippen LogP) is 3.15. The van der Waals surface area contributed by atoms with Gasteiger partial charge in [-0.15, -0.1) is 0 Å². The molecule has 2 fully saturated rings. The van der Waals surface area contributed by atoms with Gasteiger partial charge >= 0.3 is 6.18 Å². The second-order valence-corrected chi connectivity index (χ2v) is 7.32. The van der Waals surface area contributed by atoms with Gasteiger partial charge in [0.25, 0.3) is 0 Å². The van der Waals surface area contributed by atoms with Crippen LogP contribution in [0.4, 0.5) is 13.2 Å². The van der Waals surface area contributed by atoms with Crippen molar-refractivity contribution in [2.45, 2.75) is 50.8 Å². The molecule has 0 aromatic heterocycles. The van der Waals surface area contributed by atoms with E-state index in [0.717, 1.165) is 36.3 Å². The van der Waals surface area contributed by atoms with E-state index in [1.165, 1.54) is 12.1 Å². The average Bonchev–Trinajstić information content (AvgIpc) is 2.84. The minimum absolute atomic E-state index is 0.0355. The zero-order valence-corrected chi connectivity index (χ0v) is 14.8. The second-order valence-electron chi connectivity index (χ2n) is 7.32. The number of ether oxygens (including phenoxy) is 1. The first-order valence-electron chi connectivity index (χ1n) is 9.04. The summed E-state index contributed by atoms with van der Waals surface area (Å²) in [5.74, 6) is -0.586. The number of alkyl halides is 3. The molecule has 1 aliphatic heterocycles. The number of nitrogens with zero attached hydrogens (tertiary/aromatic N) is 1. The van der Waals surface area contributed by atoms with Crippen molar-refractivity contribution in [2.75, 3.05) is 13.2 Å². The van der Waals surface area contributed by atoms with Crippen LogP contribution in [0.3, 0.4) is 0 Å². The smallest absolute Gasteiger partial charge is 0.416 e. The van der Waals surface area contributed by atoms with E-state index in [1.807, 2.05) is 0 Å². The molecule has 1 heterocycles. The summed E-state index contributed by atoms with van der Waals surface area (Å²) >= 11 is 0. The summed E-state index contributed by atoms with van der Waals surface area (Å²) in [5, 5.41) is 10.1. The van der Waals surface area contributed by atoms with Gasteiger partial charge in [-0.3, -0.25) is 14.5 Å². The number of aliphatic hydroxyl groups is 1. The zero-order chi connectivity index (χ0) is 19.7. The van der Waals surface area contributed by atoms with Crippen molar-refractivity contribution < 1.29 is 32.6 Å². The van der Waals surface area contributed by atoms with Crippen molar-refractivity contribution in [1.82, 2.24) is 4.90 Å². The number of hydrogen-bond acceptors (Lipinski definition) is 4. The topological polar surface area (TPSA) is 66.8 Å². The maximum atomic E-state index is 12.7. The Morgan fingerprint density at radius 2 is 1.89 bits per heavy atom. The Balaban J connectivity index is 1.57. The van der Waals surface area contributed by atoms with Gasteiger partial charge in [-0.1, -0.05) is 25.3 Å². The number of carbonyl (C=O) groups excluding carboxylic acids is 2. The Labute approximate surface area is 155 Å². The molecule has 2 amide bonds. The Hall–Kier alpha value is -2.09. The minimum atomic E-state index is -4.49. The SMILES string of the molecule is O=C1CC2(CCCCC2)C(=O)N1C[C@@H](O)COc1cccc(C(F)(F)F)c1. The predicted molar refractivity (Wildman–Crippen MR) is 89.8 cm³/mol.